The summed E-state index contributed by atoms with van der Waals surface area (Å²) in [4.78, 5) is 0. The van der Waals surface area contributed by atoms with E-state index in [0.29, 0.717) is 6.04 Å². The van der Waals surface area contributed by atoms with Crippen LogP contribution in [0.1, 0.15) is 44.2 Å². The van der Waals surface area contributed by atoms with Crippen molar-refractivity contribution in [3.05, 3.63) is 23.8 Å². The van der Waals surface area contributed by atoms with E-state index in [2.05, 4.69) is 22.4 Å². The van der Waals surface area contributed by atoms with Gasteiger partial charge in [0.05, 0.1) is 6.04 Å². The zero-order chi connectivity index (χ0) is 14.1. The Bertz CT molecular complexity index is 604. The fraction of sp³-hybridized carbons (Fsp3) is 0.533. The number of nitrogens with two attached hydrogens (primary N) is 1. The molecule has 0 aliphatic heterocycles. The number of tetrazole rings is 1. The molecule has 0 saturated heterocycles. The molecule has 1 saturated carbocycles. The molecule has 5 heteroatoms. The number of aryl methyl sites for hydroxylation is 1. The molecule has 1 aliphatic rings. The van der Waals surface area contributed by atoms with Crippen molar-refractivity contribution in [1.82, 2.24) is 20.2 Å². The summed E-state index contributed by atoms with van der Waals surface area (Å²) in [6.45, 7) is 4.36. The molecule has 5 nitrogen and oxygen atoms in total. The zero-order valence-electron chi connectivity index (χ0n) is 12.1. The van der Waals surface area contributed by atoms with Crippen molar-refractivity contribution in [2.45, 2.75) is 45.6 Å². The number of nitrogens with zero attached hydrogens (tertiary/aromatic N) is 4. The van der Waals surface area contributed by atoms with Gasteiger partial charge >= 0.3 is 0 Å². The van der Waals surface area contributed by atoms with Crippen LogP contribution in [0.5, 0.6) is 0 Å². The van der Waals surface area contributed by atoms with Crippen LogP contribution in [0.2, 0.25) is 0 Å². The number of benzene rings is 1. The fourth-order valence-electron chi connectivity index (χ4n) is 3.18. The topological polar surface area (TPSA) is 69.6 Å². The highest BCUT2D eigenvalue weighted by Gasteiger charge is 2.24. The maximum absolute atomic E-state index is 5.82. The van der Waals surface area contributed by atoms with Crippen molar-refractivity contribution in [3.8, 4) is 11.4 Å². The van der Waals surface area contributed by atoms with E-state index in [1.165, 1.54) is 12.8 Å². The van der Waals surface area contributed by atoms with E-state index in [4.69, 9.17) is 5.73 Å². The molecule has 2 atom stereocenters. The lowest BCUT2D eigenvalue weighted by molar-refractivity contribution is 0.265. The highest BCUT2D eigenvalue weighted by Crippen LogP contribution is 2.34. The van der Waals surface area contributed by atoms with Crippen LogP contribution in [0, 0.1) is 12.8 Å². The molecule has 2 aromatic rings. The Balaban J connectivity index is 1.97. The molecule has 0 radical (unpaired) electrons. The number of nitrogen functional groups attached to an aromatic ring is 1. The summed E-state index contributed by atoms with van der Waals surface area (Å²) in [6.07, 6.45) is 4.89. The van der Waals surface area contributed by atoms with Crippen molar-refractivity contribution >= 4 is 5.69 Å². The molecule has 106 valence electrons. The minimum atomic E-state index is 0.417. The molecule has 1 aliphatic carbocycles. The van der Waals surface area contributed by atoms with E-state index >= 15 is 0 Å². The lowest BCUT2D eigenvalue weighted by Gasteiger charge is -2.27. The van der Waals surface area contributed by atoms with E-state index in [1.807, 2.05) is 29.8 Å². The molecule has 0 amide bonds. The van der Waals surface area contributed by atoms with Crippen LogP contribution in [0.4, 0.5) is 5.69 Å². The second-order valence-corrected chi connectivity index (χ2v) is 5.95. The first-order valence-electron chi connectivity index (χ1n) is 7.29. The van der Waals surface area contributed by atoms with Gasteiger partial charge in [0, 0.05) is 11.3 Å². The molecular formula is C15H21N5. The van der Waals surface area contributed by atoms with Gasteiger partial charge in [-0.3, -0.25) is 0 Å². The van der Waals surface area contributed by atoms with Crippen molar-refractivity contribution in [2.24, 2.45) is 5.92 Å². The highest BCUT2D eigenvalue weighted by molar-refractivity contribution is 5.63. The van der Waals surface area contributed by atoms with Crippen LogP contribution in [0.15, 0.2) is 18.2 Å². The van der Waals surface area contributed by atoms with E-state index in [9.17, 15) is 0 Å². The summed E-state index contributed by atoms with van der Waals surface area (Å²) in [5, 5.41) is 12.4. The number of rotatable bonds is 2. The molecule has 3 rings (SSSR count). The summed E-state index contributed by atoms with van der Waals surface area (Å²) < 4.78 is 2.01. The largest absolute Gasteiger partial charge is 0.399 e. The Morgan fingerprint density at radius 3 is 2.90 bits per heavy atom. The first kappa shape index (κ1) is 13.1. The van der Waals surface area contributed by atoms with Gasteiger partial charge < -0.3 is 5.73 Å². The van der Waals surface area contributed by atoms with Gasteiger partial charge in [-0.05, 0) is 59.9 Å². The maximum atomic E-state index is 5.82. The quantitative estimate of drug-likeness (QED) is 0.852. The van der Waals surface area contributed by atoms with Crippen LogP contribution in [-0.4, -0.2) is 20.2 Å². The standard InChI is InChI=1S/C15H21N5/c1-10-4-3-5-13(8-10)20-15(17-18-19-20)14-7-6-12(16)9-11(14)2/h6-7,9-10,13H,3-5,8,16H2,1-2H3. The lowest BCUT2D eigenvalue weighted by atomic mass is 9.87. The summed E-state index contributed by atoms with van der Waals surface area (Å²) in [6, 6.07) is 6.31. The van der Waals surface area contributed by atoms with Gasteiger partial charge in [-0.15, -0.1) is 5.10 Å². The normalized spacial score (nSPS) is 22.9. The summed E-state index contributed by atoms with van der Waals surface area (Å²) in [7, 11) is 0. The molecule has 0 spiro atoms. The Morgan fingerprint density at radius 1 is 1.30 bits per heavy atom. The third kappa shape index (κ3) is 2.40. The Kier molecular flexibility index (Phi) is 3.42. The number of hydrogen-bond donors (Lipinski definition) is 1. The van der Waals surface area contributed by atoms with E-state index < -0.39 is 0 Å². The Hall–Kier alpha value is -1.91. The molecule has 1 aromatic carbocycles. The van der Waals surface area contributed by atoms with Gasteiger partial charge in [0.15, 0.2) is 5.82 Å². The highest BCUT2D eigenvalue weighted by atomic mass is 15.5. The van der Waals surface area contributed by atoms with Crippen LogP contribution in [0.3, 0.4) is 0 Å². The predicted octanol–water partition coefficient (Wildman–Crippen LogP) is 2.98. The SMILES string of the molecule is Cc1cc(N)ccc1-c1nnnn1C1CCCC(C)C1. The van der Waals surface area contributed by atoms with Gasteiger partial charge in [0.25, 0.3) is 0 Å². The first-order valence-corrected chi connectivity index (χ1v) is 7.29. The van der Waals surface area contributed by atoms with Gasteiger partial charge in [0.1, 0.15) is 0 Å². The second-order valence-electron chi connectivity index (χ2n) is 5.95. The average molecular weight is 271 g/mol. The molecule has 20 heavy (non-hydrogen) atoms. The molecule has 2 N–H and O–H groups in total. The monoisotopic (exact) mass is 271 g/mol. The minimum Gasteiger partial charge on any atom is -0.399 e. The summed E-state index contributed by atoms with van der Waals surface area (Å²) >= 11 is 0. The van der Waals surface area contributed by atoms with Gasteiger partial charge in [-0.25, -0.2) is 4.68 Å². The van der Waals surface area contributed by atoms with E-state index in [1.54, 1.807) is 0 Å². The molecule has 2 unspecified atom stereocenters. The van der Waals surface area contributed by atoms with Gasteiger partial charge in [-0.2, -0.15) is 0 Å². The number of anilines is 1. The minimum absolute atomic E-state index is 0.417. The molecule has 1 heterocycles. The van der Waals surface area contributed by atoms with Crippen molar-refractivity contribution < 1.29 is 0 Å². The second kappa shape index (κ2) is 5.23. The third-order valence-electron chi connectivity index (χ3n) is 4.24. The number of aromatic nitrogens is 4. The molecule has 0 bridgehead atoms. The summed E-state index contributed by atoms with van der Waals surface area (Å²) in [5.41, 5.74) is 8.78. The van der Waals surface area contributed by atoms with E-state index in [-0.39, 0.29) is 0 Å². The van der Waals surface area contributed by atoms with Crippen molar-refractivity contribution in [3.63, 3.8) is 0 Å². The fourth-order valence-corrected chi connectivity index (χ4v) is 3.18. The first-order chi connectivity index (χ1) is 9.65. The summed E-state index contributed by atoms with van der Waals surface area (Å²) in [5.74, 6) is 1.61. The predicted molar refractivity (Wildman–Crippen MR) is 79.1 cm³/mol. The Morgan fingerprint density at radius 2 is 2.15 bits per heavy atom. The number of hydrogen-bond acceptors (Lipinski definition) is 4. The Labute approximate surface area is 119 Å². The lowest BCUT2D eigenvalue weighted by Crippen LogP contribution is -2.19. The van der Waals surface area contributed by atoms with Crippen LogP contribution < -0.4 is 5.73 Å². The van der Waals surface area contributed by atoms with Crippen LogP contribution in [0.25, 0.3) is 11.4 Å². The third-order valence-corrected chi connectivity index (χ3v) is 4.24. The molecule has 1 aromatic heterocycles. The van der Waals surface area contributed by atoms with Gasteiger partial charge in [-0.1, -0.05) is 19.8 Å². The van der Waals surface area contributed by atoms with Gasteiger partial charge in [0.2, 0.25) is 0 Å². The average Bonchev–Trinajstić information content (AvgIpc) is 2.87. The van der Waals surface area contributed by atoms with Crippen LogP contribution in [-0.2, 0) is 0 Å². The van der Waals surface area contributed by atoms with Crippen molar-refractivity contribution in [1.29, 1.82) is 0 Å². The van der Waals surface area contributed by atoms with Crippen molar-refractivity contribution in [2.75, 3.05) is 5.73 Å². The maximum Gasteiger partial charge on any atom is 0.182 e. The molecule has 1 fully saturated rings. The zero-order valence-corrected chi connectivity index (χ0v) is 12.1. The van der Waals surface area contributed by atoms with Crippen LogP contribution >= 0.6 is 0 Å². The smallest absolute Gasteiger partial charge is 0.182 e. The molecular weight excluding hydrogens is 250 g/mol. The van der Waals surface area contributed by atoms with E-state index in [0.717, 1.165) is 41.4 Å².